The molecule has 0 aliphatic rings. The maximum atomic E-state index is 9.31. The molecular formula is C9H7IO4S2. The lowest BCUT2D eigenvalue weighted by Crippen LogP contribution is -1.70. The molecule has 0 heterocycles. The Morgan fingerprint density at radius 2 is 1.50 bits per heavy atom. The van der Waals surface area contributed by atoms with Crippen LogP contribution in [0.15, 0.2) is 30.8 Å². The van der Waals surface area contributed by atoms with Gasteiger partial charge in [0.2, 0.25) is 0 Å². The third kappa shape index (κ3) is 8.42. The molecule has 0 atom stereocenters. The van der Waals surface area contributed by atoms with E-state index in [1.807, 2.05) is 6.08 Å². The molecule has 1 rings (SSSR count). The summed E-state index contributed by atoms with van der Waals surface area (Å²) in [5, 5.41) is 0. The van der Waals surface area contributed by atoms with Crippen LogP contribution in [0.5, 0.6) is 0 Å². The summed E-state index contributed by atoms with van der Waals surface area (Å²) >= 11 is 2.28. The molecule has 1 aromatic rings. The molecule has 0 unspecified atom stereocenters. The van der Waals surface area contributed by atoms with Crippen LogP contribution in [0.1, 0.15) is 5.56 Å². The van der Waals surface area contributed by atoms with Gasteiger partial charge in [-0.25, -0.2) is 0 Å². The lowest BCUT2D eigenvalue weighted by molar-refractivity contribution is 0.627. The summed E-state index contributed by atoms with van der Waals surface area (Å²) in [7, 11) is -5.42. The molecule has 0 aromatic heterocycles. The summed E-state index contributed by atoms with van der Waals surface area (Å²) in [6.45, 7) is 3.66. The van der Waals surface area contributed by atoms with Crippen molar-refractivity contribution in [2.45, 2.75) is 0 Å². The Balaban J connectivity index is 0.000000293. The largest absolute Gasteiger partial charge is 0.276 e. The van der Waals surface area contributed by atoms with Gasteiger partial charge in [-0.15, -0.1) is 0 Å². The van der Waals surface area contributed by atoms with Crippen molar-refractivity contribution < 1.29 is 16.8 Å². The van der Waals surface area contributed by atoms with Gasteiger partial charge in [0.05, 0.1) is 0 Å². The Kier molecular flexibility index (Phi) is 7.82. The van der Waals surface area contributed by atoms with Crippen molar-refractivity contribution in [2.75, 3.05) is 0 Å². The normalized spacial score (nSPS) is 8.06. The van der Waals surface area contributed by atoms with Gasteiger partial charge in [-0.05, 0) is 40.3 Å². The van der Waals surface area contributed by atoms with E-state index in [0.29, 0.717) is 0 Å². The van der Waals surface area contributed by atoms with Crippen LogP contribution >= 0.6 is 22.6 Å². The quantitative estimate of drug-likeness (QED) is 0.552. The molecule has 4 nitrogen and oxygen atoms in total. The van der Waals surface area contributed by atoms with Crippen molar-refractivity contribution in [3.63, 3.8) is 0 Å². The minimum atomic E-state index is -2.71. The molecule has 86 valence electrons. The Labute approximate surface area is 110 Å². The number of hydrogen-bond acceptors (Lipinski definition) is 4. The lowest BCUT2D eigenvalue weighted by Gasteiger charge is -1.90. The smallest absolute Gasteiger partial charge is 0.174 e. The predicted molar refractivity (Wildman–Crippen MR) is 72.1 cm³/mol. The Bertz CT molecular complexity index is 575. The van der Waals surface area contributed by atoms with Crippen molar-refractivity contribution in [1.82, 2.24) is 0 Å². The van der Waals surface area contributed by atoms with Gasteiger partial charge in [0.1, 0.15) is 4.31 Å². The molecule has 0 aliphatic heterocycles. The average molecular weight is 370 g/mol. The van der Waals surface area contributed by atoms with Gasteiger partial charge >= 0.3 is 0 Å². The van der Waals surface area contributed by atoms with Crippen LogP contribution in [0.2, 0.25) is 0 Å². The molecule has 0 N–H and O–H groups in total. The van der Waals surface area contributed by atoms with Crippen molar-refractivity contribution in [3.05, 3.63) is 40.0 Å². The zero-order valence-corrected chi connectivity index (χ0v) is 11.7. The molecule has 0 fully saturated rings. The molecule has 0 aliphatic carbocycles. The van der Waals surface area contributed by atoms with Crippen molar-refractivity contribution in [1.29, 1.82) is 0 Å². The first-order valence-corrected chi connectivity index (χ1v) is 7.01. The van der Waals surface area contributed by atoms with Crippen LogP contribution in [0, 0.1) is 3.57 Å². The maximum absolute atomic E-state index is 9.31. The predicted octanol–water partition coefficient (Wildman–Crippen LogP) is 1.32. The fourth-order valence-electron chi connectivity index (χ4n) is 0.654. The highest BCUT2D eigenvalue weighted by Crippen LogP contribution is 2.06. The third-order valence-corrected chi connectivity index (χ3v) is 3.05. The molecule has 16 heavy (non-hydrogen) atoms. The SMILES string of the molecule is C=Cc1ccc(I)cc1.O=S(=O)=C=S(=O)=O. The van der Waals surface area contributed by atoms with E-state index >= 15 is 0 Å². The fourth-order valence-corrected chi connectivity index (χ4v) is 1.46. The van der Waals surface area contributed by atoms with Crippen LogP contribution in [0.3, 0.4) is 0 Å². The Morgan fingerprint density at radius 1 is 1.06 bits per heavy atom. The topological polar surface area (TPSA) is 68.3 Å². The summed E-state index contributed by atoms with van der Waals surface area (Å²) in [5.74, 6) is 0. The van der Waals surface area contributed by atoms with Gasteiger partial charge in [0.25, 0.3) is 20.6 Å². The van der Waals surface area contributed by atoms with Crippen LogP contribution in [-0.2, 0) is 20.6 Å². The van der Waals surface area contributed by atoms with E-state index in [1.54, 1.807) is 0 Å². The van der Waals surface area contributed by atoms with E-state index in [1.165, 1.54) is 9.13 Å². The highest BCUT2D eigenvalue weighted by Gasteiger charge is 1.83. The van der Waals surface area contributed by atoms with Gasteiger partial charge < -0.3 is 0 Å². The second-order valence-electron chi connectivity index (χ2n) is 2.31. The van der Waals surface area contributed by atoms with Gasteiger partial charge in [-0.3, -0.25) is 0 Å². The Morgan fingerprint density at radius 3 is 1.75 bits per heavy atom. The maximum Gasteiger partial charge on any atom is 0.276 e. The van der Waals surface area contributed by atoms with Crippen LogP contribution in [0.25, 0.3) is 6.08 Å². The fraction of sp³-hybridized carbons (Fsp3) is 0. The van der Waals surface area contributed by atoms with Gasteiger partial charge in [0.15, 0.2) is 0 Å². The highest BCUT2D eigenvalue weighted by molar-refractivity contribution is 14.1. The lowest BCUT2D eigenvalue weighted by atomic mass is 10.2. The summed E-state index contributed by atoms with van der Waals surface area (Å²) in [6.07, 6.45) is 1.84. The zero-order chi connectivity index (χ0) is 12.6. The van der Waals surface area contributed by atoms with E-state index < -0.39 is 20.6 Å². The molecular weight excluding hydrogens is 363 g/mol. The van der Waals surface area contributed by atoms with E-state index in [-0.39, 0.29) is 0 Å². The minimum absolute atomic E-state index is 1.14. The first-order chi connectivity index (χ1) is 7.45. The van der Waals surface area contributed by atoms with Crippen LogP contribution in [0.4, 0.5) is 0 Å². The zero-order valence-electron chi connectivity index (χ0n) is 7.92. The van der Waals surface area contributed by atoms with E-state index in [0.717, 1.165) is 4.31 Å². The molecule has 0 bridgehead atoms. The van der Waals surface area contributed by atoms with Crippen LogP contribution in [-0.4, -0.2) is 21.1 Å². The van der Waals surface area contributed by atoms with E-state index in [9.17, 15) is 16.8 Å². The van der Waals surface area contributed by atoms with Crippen molar-refractivity contribution in [3.8, 4) is 0 Å². The summed E-state index contributed by atoms with van der Waals surface area (Å²) in [4.78, 5) is 0. The molecule has 1 aromatic carbocycles. The van der Waals surface area contributed by atoms with Crippen molar-refractivity contribution >= 4 is 53.6 Å². The molecule has 0 radical (unpaired) electrons. The highest BCUT2D eigenvalue weighted by atomic mass is 127. The molecule has 0 spiro atoms. The molecule has 0 saturated carbocycles. The number of hydrogen-bond donors (Lipinski definition) is 0. The molecule has 0 amide bonds. The second-order valence-corrected chi connectivity index (χ2v) is 5.16. The number of rotatable bonds is 1. The summed E-state index contributed by atoms with van der Waals surface area (Å²) in [6, 6.07) is 8.23. The van der Waals surface area contributed by atoms with Gasteiger partial charge in [-0.1, -0.05) is 24.8 Å². The number of benzene rings is 1. The Hall–Kier alpha value is -0.890. The van der Waals surface area contributed by atoms with Crippen molar-refractivity contribution in [2.24, 2.45) is 0 Å². The van der Waals surface area contributed by atoms with E-state index in [4.69, 9.17) is 0 Å². The summed E-state index contributed by atoms with van der Waals surface area (Å²) in [5.41, 5.74) is 1.18. The first-order valence-electron chi connectivity index (χ1n) is 3.78. The van der Waals surface area contributed by atoms with E-state index in [2.05, 4.69) is 53.4 Å². The van der Waals surface area contributed by atoms with Gasteiger partial charge in [-0.2, -0.15) is 16.8 Å². The molecule has 7 heteroatoms. The monoisotopic (exact) mass is 370 g/mol. The average Bonchev–Trinajstić information content (AvgIpc) is 2.17. The minimum Gasteiger partial charge on any atom is -0.174 e. The standard InChI is InChI=1S/C8H7I.CO4S2/c1-2-7-3-5-8(9)6-4-7;2-6(3)1-7(4)5/h2-6H,1H2;. The third-order valence-electron chi connectivity index (χ3n) is 1.24. The first kappa shape index (κ1) is 15.1. The number of halogens is 1. The molecule has 0 saturated heterocycles. The van der Waals surface area contributed by atoms with Gasteiger partial charge in [0, 0.05) is 3.57 Å². The van der Waals surface area contributed by atoms with Crippen LogP contribution < -0.4 is 0 Å². The second kappa shape index (κ2) is 8.28. The summed E-state index contributed by atoms with van der Waals surface area (Å²) < 4.78 is 39.6.